The van der Waals surface area contributed by atoms with Crippen molar-refractivity contribution < 1.29 is 19.1 Å². The monoisotopic (exact) mass is 203 g/mol. The fraction of sp³-hybridized carbons (Fsp3) is 0.571. The molecule has 1 N–H and O–H groups in total. The largest absolute Gasteiger partial charge is 0.457 e. The molecule has 1 rings (SSSR count). The molecular formula is C7H9NO4S. The number of thioether (sulfide) groups is 1. The molecule has 6 heteroatoms. The van der Waals surface area contributed by atoms with Gasteiger partial charge >= 0.3 is 5.97 Å². The third-order valence-corrected chi connectivity index (χ3v) is 2.31. The summed E-state index contributed by atoms with van der Waals surface area (Å²) < 4.78 is 4.48. The molecule has 1 fully saturated rings. The van der Waals surface area contributed by atoms with Crippen LogP contribution in [-0.4, -0.2) is 29.0 Å². The molecule has 0 radical (unpaired) electrons. The minimum Gasteiger partial charge on any atom is -0.457 e. The number of rotatable bonds is 3. The number of esters is 1. The number of amides is 1. The van der Waals surface area contributed by atoms with Gasteiger partial charge in [0, 0.05) is 6.92 Å². The lowest BCUT2D eigenvalue weighted by Crippen LogP contribution is -2.46. The molecule has 0 aromatic heterocycles. The van der Waals surface area contributed by atoms with E-state index >= 15 is 0 Å². The Morgan fingerprint density at radius 1 is 1.69 bits per heavy atom. The predicted octanol–water partition coefficient (Wildman–Crippen LogP) is -0.345. The van der Waals surface area contributed by atoms with Crippen LogP contribution >= 0.6 is 11.8 Å². The summed E-state index contributed by atoms with van der Waals surface area (Å²) in [6, 6.07) is 0. The van der Waals surface area contributed by atoms with Crippen LogP contribution in [0.5, 0.6) is 0 Å². The summed E-state index contributed by atoms with van der Waals surface area (Å²) in [6.45, 7) is 1.01. The molecule has 0 aromatic rings. The summed E-state index contributed by atoms with van der Waals surface area (Å²) in [6.07, 6.45) is 0.358. The van der Waals surface area contributed by atoms with Crippen molar-refractivity contribution in [2.45, 2.75) is 18.7 Å². The molecule has 0 aromatic carbocycles. The topological polar surface area (TPSA) is 72.5 Å². The van der Waals surface area contributed by atoms with Crippen LogP contribution < -0.4 is 5.32 Å². The van der Waals surface area contributed by atoms with E-state index in [9.17, 15) is 14.4 Å². The molecular weight excluding hydrogens is 194 g/mol. The molecule has 0 unspecified atom stereocenters. The van der Waals surface area contributed by atoms with Crippen molar-refractivity contribution >= 4 is 28.8 Å². The first-order valence-electron chi connectivity index (χ1n) is 3.70. The SMILES string of the molecule is CC(=O)OCC(=O)S[C@H]1CC(=O)N1. The number of ether oxygens (including phenoxy) is 1. The van der Waals surface area contributed by atoms with E-state index in [1.54, 1.807) is 0 Å². The molecule has 13 heavy (non-hydrogen) atoms. The van der Waals surface area contributed by atoms with Crippen molar-refractivity contribution in [2.75, 3.05) is 6.61 Å². The Bertz CT molecular complexity index is 245. The molecule has 1 aliphatic rings. The number of carbonyl (C=O) groups excluding carboxylic acids is 3. The van der Waals surface area contributed by atoms with E-state index in [1.165, 1.54) is 6.92 Å². The molecule has 0 saturated carbocycles. The van der Waals surface area contributed by atoms with Crippen molar-refractivity contribution in [2.24, 2.45) is 0 Å². The van der Waals surface area contributed by atoms with Crippen molar-refractivity contribution in [3.8, 4) is 0 Å². The summed E-state index contributed by atoms with van der Waals surface area (Å²) >= 11 is 0.984. The Kier molecular flexibility index (Phi) is 3.30. The van der Waals surface area contributed by atoms with Crippen LogP contribution in [0.2, 0.25) is 0 Å². The van der Waals surface area contributed by atoms with E-state index in [-0.39, 0.29) is 23.0 Å². The fourth-order valence-electron chi connectivity index (χ4n) is 0.751. The van der Waals surface area contributed by atoms with Crippen LogP contribution in [0.1, 0.15) is 13.3 Å². The van der Waals surface area contributed by atoms with E-state index in [1.807, 2.05) is 0 Å². The molecule has 0 spiro atoms. The van der Waals surface area contributed by atoms with Gasteiger partial charge in [0.05, 0.1) is 11.8 Å². The Labute approximate surface area is 79.2 Å². The zero-order valence-electron chi connectivity index (χ0n) is 7.03. The van der Waals surface area contributed by atoms with Crippen LogP contribution in [0, 0.1) is 0 Å². The van der Waals surface area contributed by atoms with Crippen LogP contribution in [0.3, 0.4) is 0 Å². The molecule has 72 valence electrons. The van der Waals surface area contributed by atoms with Gasteiger partial charge < -0.3 is 10.1 Å². The fourth-order valence-corrected chi connectivity index (χ4v) is 1.62. The van der Waals surface area contributed by atoms with Gasteiger partial charge in [0.15, 0.2) is 6.61 Å². The van der Waals surface area contributed by atoms with Gasteiger partial charge in [-0.3, -0.25) is 14.4 Å². The number of nitrogens with one attached hydrogen (secondary N) is 1. The first-order chi connectivity index (χ1) is 6.08. The average molecular weight is 203 g/mol. The normalized spacial score (nSPS) is 20.1. The van der Waals surface area contributed by atoms with Gasteiger partial charge in [-0.05, 0) is 0 Å². The second-order valence-electron chi connectivity index (χ2n) is 2.53. The van der Waals surface area contributed by atoms with E-state index in [2.05, 4.69) is 10.1 Å². The Balaban J connectivity index is 2.11. The Morgan fingerprint density at radius 3 is 2.77 bits per heavy atom. The van der Waals surface area contributed by atoms with E-state index in [4.69, 9.17) is 0 Å². The average Bonchev–Trinajstić information content (AvgIpc) is 1.98. The molecule has 1 aliphatic heterocycles. The predicted molar refractivity (Wildman–Crippen MR) is 45.8 cm³/mol. The van der Waals surface area contributed by atoms with Gasteiger partial charge in [0.2, 0.25) is 11.0 Å². The number of carbonyl (C=O) groups is 3. The highest BCUT2D eigenvalue weighted by Crippen LogP contribution is 2.19. The van der Waals surface area contributed by atoms with Crippen LogP contribution in [0.15, 0.2) is 0 Å². The number of hydrogen-bond acceptors (Lipinski definition) is 5. The maximum atomic E-state index is 11.0. The second-order valence-corrected chi connectivity index (χ2v) is 3.79. The van der Waals surface area contributed by atoms with Crippen molar-refractivity contribution in [1.82, 2.24) is 5.32 Å². The zero-order valence-corrected chi connectivity index (χ0v) is 7.85. The molecule has 1 atom stereocenters. The highest BCUT2D eigenvalue weighted by molar-refractivity contribution is 8.14. The molecule has 1 heterocycles. The molecule has 1 amide bonds. The molecule has 0 bridgehead atoms. The van der Waals surface area contributed by atoms with Gasteiger partial charge in [-0.2, -0.15) is 0 Å². The summed E-state index contributed by atoms with van der Waals surface area (Å²) in [4.78, 5) is 31.7. The standard InChI is InChI=1S/C7H9NO4S/c1-4(9)12-3-7(11)13-6-2-5(10)8-6/h6H,2-3H2,1H3,(H,8,10)/t6-/m0/s1. The second kappa shape index (κ2) is 4.27. The van der Waals surface area contributed by atoms with Gasteiger partial charge in [-0.1, -0.05) is 11.8 Å². The van der Waals surface area contributed by atoms with Crippen molar-refractivity contribution in [3.05, 3.63) is 0 Å². The highest BCUT2D eigenvalue weighted by atomic mass is 32.2. The van der Waals surface area contributed by atoms with E-state index in [0.717, 1.165) is 11.8 Å². The zero-order chi connectivity index (χ0) is 9.84. The van der Waals surface area contributed by atoms with Crippen molar-refractivity contribution in [1.29, 1.82) is 0 Å². The summed E-state index contributed by atoms with van der Waals surface area (Å²) in [5.74, 6) is -0.538. The first-order valence-corrected chi connectivity index (χ1v) is 4.58. The maximum Gasteiger partial charge on any atom is 0.303 e. The summed E-state index contributed by atoms with van der Waals surface area (Å²) in [7, 11) is 0. The summed E-state index contributed by atoms with van der Waals surface area (Å²) in [5.41, 5.74) is 0. The van der Waals surface area contributed by atoms with Gasteiger partial charge in [0.1, 0.15) is 0 Å². The minimum atomic E-state index is -0.480. The first kappa shape index (κ1) is 10.0. The van der Waals surface area contributed by atoms with Crippen LogP contribution in [-0.2, 0) is 19.1 Å². The molecule has 5 nitrogen and oxygen atoms in total. The third-order valence-electron chi connectivity index (χ3n) is 1.36. The van der Waals surface area contributed by atoms with Crippen LogP contribution in [0.4, 0.5) is 0 Å². The van der Waals surface area contributed by atoms with Gasteiger partial charge in [-0.15, -0.1) is 0 Å². The van der Waals surface area contributed by atoms with Gasteiger partial charge in [-0.25, -0.2) is 0 Å². The molecule has 0 aliphatic carbocycles. The lowest BCUT2D eigenvalue weighted by molar-refractivity contribution is -0.143. The van der Waals surface area contributed by atoms with Crippen LogP contribution in [0.25, 0.3) is 0 Å². The molecule has 1 saturated heterocycles. The van der Waals surface area contributed by atoms with Crippen molar-refractivity contribution in [3.63, 3.8) is 0 Å². The number of hydrogen-bond donors (Lipinski definition) is 1. The smallest absolute Gasteiger partial charge is 0.303 e. The Morgan fingerprint density at radius 2 is 2.31 bits per heavy atom. The summed E-state index contributed by atoms with van der Waals surface area (Å²) in [5, 5.41) is 2.13. The Hall–Kier alpha value is -1.04. The quantitative estimate of drug-likeness (QED) is 0.501. The highest BCUT2D eigenvalue weighted by Gasteiger charge is 2.28. The lowest BCUT2D eigenvalue weighted by Gasteiger charge is -2.24. The van der Waals surface area contributed by atoms with E-state index < -0.39 is 5.97 Å². The maximum absolute atomic E-state index is 11.0. The van der Waals surface area contributed by atoms with E-state index in [0.29, 0.717) is 6.42 Å². The van der Waals surface area contributed by atoms with Gasteiger partial charge in [0.25, 0.3) is 0 Å². The third kappa shape index (κ3) is 3.45. The minimum absolute atomic E-state index is 0.0576. The lowest BCUT2D eigenvalue weighted by atomic mass is 10.3. The number of β-lactam (4-membered cyclic amide) rings is 1.